The molecule has 1 N–H and O–H groups in total. The van der Waals surface area contributed by atoms with E-state index in [9.17, 15) is 4.39 Å². The summed E-state index contributed by atoms with van der Waals surface area (Å²) in [7, 11) is 0. The van der Waals surface area contributed by atoms with Crippen LogP contribution in [0.25, 0.3) is 16.9 Å². The fraction of sp³-hybridized carbons (Fsp3) is 0. The van der Waals surface area contributed by atoms with E-state index in [4.69, 9.17) is 11.6 Å². The molecule has 0 aliphatic heterocycles. The highest BCUT2D eigenvalue weighted by Gasteiger charge is 2.12. The van der Waals surface area contributed by atoms with Crippen molar-refractivity contribution < 1.29 is 4.39 Å². The van der Waals surface area contributed by atoms with E-state index in [2.05, 4.69) is 30.2 Å². The average Bonchev–Trinajstić information content (AvgIpc) is 3.20. The molecule has 7 nitrogen and oxygen atoms in total. The van der Waals surface area contributed by atoms with Crippen molar-refractivity contribution in [2.45, 2.75) is 0 Å². The SMILES string of the molecule is Fc1ccc(Nc2ncc(-c3cncnc3)c(-n3ccnc3)n2)cc1Cl. The summed E-state index contributed by atoms with van der Waals surface area (Å²) in [5.41, 5.74) is 2.09. The molecule has 4 aromatic rings. The maximum Gasteiger partial charge on any atom is 0.229 e. The van der Waals surface area contributed by atoms with Crippen LogP contribution in [-0.4, -0.2) is 29.5 Å². The number of halogens is 2. The first-order chi connectivity index (χ1) is 12.7. The van der Waals surface area contributed by atoms with Gasteiger partial charge in [0.2, 0.25) is 5.95 Å². The second-order valence-corrected chi connectivity index (χ2v) is 5.69. The van der Waals surface area contributed by atoms with Gasteiger partial charge in [-0.25, -0.2) is 24.3 Å². The minimum Gasteiger partial charge on any atom is -0.324 e. The number of aromatic nitrogens is 6. The van der Waals surface area contributed by atoms with E-state index in [1.165, 1.54) is 18.5 Å². The maximum absolute atomic E-state index is 13.3. The topological polar surface area (TPSA) is 81.4 Å². The minimum absolute atomic E-state index is 0.0166. The molecule has 0 fully saturated rings. The van der Waals surface area contributed by atoms with Crippen molar-refractivity contribution >= 4 is 23.2 Å². The lowest BCUT2D eigenvalue weighted by Crippen LogP contribution is -2.04. The first-order valence-corrected chi connectivity index (χ1v) is 7.91. The molecule has 128 valence electrons. The van der Waals surface area contributed by atoms with E-state index in [1.54, 1.807) is 47.9 Å². The normalized spacial score (nSPS) is 10.7. The molecule has 0 radical (unpaired) electrons. The summed E-state index contributed by atoms with van der Waals surface area (Å²) >= 11 is 5.82. The van der Waals surface area contributed by atoms with Gasteiger partial charge in [-0.15, -0.1) is 0 Å². The third-order valence-corrected chi connectivity index (χ3v) is 3.85. The highest BCUT2D eigenvalue weighted by Crippen LogP contribution is 2.26. The van der Waals surface area contributed by atoms with Crippen LogP contribution in [-0.2, 0) is 0 Å². The van der Waals surface area contributed by atoms with E-state index >= 15 is 0 Å². The van der Waals surface area contributed by atoms with Crippen molar-refractivity contribution in [2.75, 3.05) is 5.32 Å². The van der Waals surface area contributed by atoms with E-state index < -0.39 is 5.82 Å². The van der Waals surface area contributed by atoms with E-state index in [0.717, 1.165) is 11.1 Å². The van der Waals surface area contributed by atoms with Crippen molar-refractivity contribution in [3.63, 3.8) is 0 Å². The molecule has 0 saturated carbocycles. The number of anilines is 2. The Kier molecular flexibility index (Phi) is 4.24. The molecule has 4 rings (SSSR count). The summed E-state index contributed by atoms with van der Waals surface area (Å²) in [6.07, 6.45) is 11.5. The molecule has 0 spiro atoms. The van der Waals surface area contributed by atoms with Crippen molar-refractivity contribution in [1.82, 2.24) is 29.5 Å². The van der Waals surface area contributed by atoms with Crippen molar-refractivity contribution in [1.29, 1.82) is 0 Å². The molecule has 0 bridgehead atoms. The Hall–Kier alpha value is -3.39. The van der Waals surface area contributed by atoms with E-state index in [-0.39, 0.29) is 5.02 Å². The molecule has 0 unspecified atom stereocenters. The maximum atomic E-state index is 13.3. The summed E-state index contributed by atoms with van der Waals surface area (Å²) < 4.78 is 15.1. The van der Waals surface area contributed by atoms with Crippen LogP contribution in [0, 0.1) is 5.82 Å². The zero-order valence-corrected chi connectivity index (χ0v) is 14.0. The standard InChI is InChI=1S/C17H11ClFN7/c18-14-5-12(1-2-15(14)19)24-17-23-8-13(11-6-21-9-22-7-11)16(25-17)26-4-3-20-10-26/h1-10H,(H,23,24,25). The Labute approximate surface area is 152 Å². The summed E-state index contributed by atoms with van der Waals surface area (Å²) in [6, 6.07) is 4.30. The average molecular weight is 368 g/mol. The Bertz CT molecular complexity index is 1040. The number of hydrogen-bond donors (Lipinski definition) is 1. The molecule has 9 heteroatoms. The van der Waals surface area contributed by atoms with E-state index in [0.29, 0.717) is 17.5 Å². The summed E-state index contributed by atoms with van der Waals surface area (Å²) in [5, 5.41) is 3.03. The van der Waals surface area contributed by atoms with Gasteiger partial charge in [-0.3, -0.25) is 4.57 Å². The molecule has 3 aromatic heterocycles. The zero-order valence-electron chi connectivity index (χ0n) is 13.2. The van der Waals surface area contributed by atoms with Crippen molar-refractivity contribution in [3.05, 3.63) is 72.7 Å². The Balaban J connectivity index is 1.76. The molecule has 0 saturated heterocycles. The molecule has 0 amide bonds. The zero-order chi connectivity index (χ0) is 17.9. The van der Waals surface area contributed by atoms with Crippen LogP contribution in [0.4, 0.5) is 16.0 Å². The minimum atomic E-state index is -0.489. The van der Waals surface area contributed by atoms with Crippen LogP contribution in [0.2, 0.25) is 5.02 Å². The van der Waals surface area contributed by atoms with E-state index in [1.807, 2.05) is 0 Å². The Morgan fingerprint density at radius 2 is 1.92 bits per heavy atom. The third-order valence-electron chi connectivity index (χ3n) is 3.56. The van der Waals surface area contributed by atoms with Crippen LogP contribution in [0.1, 0.15) is 0 Å². The number of imidazole rings is 1. The summed E-state index contributed by atoms with van der Waals surface area (Å²) in [6.45, 7) is 0. The molecule has 3 heterocycles. The fourth-order valence-corrected chi connectivity index (χ4v) is 2.54. The molecule has 0 aliphatic carbocycles. The predicted molar refractivity (Wildman–Crippen MR) is 94.9 cm³/mol. The smallest absolute Gasteiger partial charge is 0.229 e. The first-order valence-electron chi connectivity index (χ1n) is 7.53. The Morgan fingerprint density at radius 3 is 2.65 bits per heavy atom. The number of nitrogens with one attached hydrogen (secondary N) is 1. The molecular formula is C17H11ClFN7. The van der Waals surface area contributed by atoms with Crippen molar-refractivity contribution in [3.8, 4) is 16.9 Å². The number of benzene rings is 1. The van der Waals surface area contributed by atoms with Crippen LogP contribution < -0.4 is 5.32 Å². The highest BCUT2D eigenvalue weighted by atomic mass is 35.5. The van der Waals surface area contributed by atoms with Crippen molar-refractivity contribution in [2.24, 2.45) is 0 Å². The molecule has 0 atom stereocenters. The van der Waals surface area contributed by atoms with Gasteiger partial charge in [0, 0.05) is 47.8 Å². The van der Waals surface area contributed by atoms with Gasteiger partial charge in [0.05, 0.1) is 5.02 Å². The van der Waals surface area contributed by atoms with Gasteiger partial charge < -0.3 is 5.32 Å². The second-order valence-electron chi connectivity index (χ2n) is 5.28. The van der Waals surface area contributed by atoms with Gasteiger partial charge in [0.1, 0.15) is 18.5 Å². The quantitative estimate of drug-likeness (QED) is 0.593. The van der Waals surface area contributed by atoms with Gasteiger partial charge >= 0.3 is 0 Å². The Morgan fingerprint density at radius 1 is 1.08 bits per heavy atom. The lowest BCUT2D eigenvalue weighted by Gasteiger charge is -2.11. The molecule has 0 aliphatic rings. The van der Waals surface area contributed by atoms with Crippen LogP contribution in [0.15, 0.2) is 61.8 Å². The van der Waals surface area contributed by atoms with Gasteiger partial charge in [0.25, 0.3) is 0 Å². The lowest BCUT2D eigenvalue weighted by molar-refractivity contribution is 0.628. The van der Waals surface area contributed by atoms with Gasteiger partial charge in [-0.2, -0.15) is 4.98 Å². The molecule has 26 heavy (non-hydrogen) atoms. The number of rotatable bonds is 4. The highest BCUT2D eigenvalue weighted by molar-refractivity contribution is 6.31. The first kappa shape index (κ1) is 16.1. The predicted octanol–water partition coefficient (Wildman–Crippen LogP) is 3.66. The van der Waals surface area contributed by atoms with Gasteiger partial charge in [-0.1, -0.05) is 11.6 Å². The fourth-order valence-electron chi connectivity index (χ4n) is 2.36. The third kappa shape index (κ3) is 3.22. The van der Waals surface area contributed by atoms with Crippen LogP contribution in [0.5, 0.6) is 0 Å². The second kappa shape index (κ2) is 6.85. The van der Waals surface area contributed by atoms with Gasteiger partial charge in [-0.05, 0) is 18.2 Å². The number of nitrogens with zero attached hydrogens (tertiary/aromatic N) is 6. The van der Waals surface area contributed by atoms with Gasteiger partial charge in [0.15, 0.2) is 5.82 Å². The summed E-state index contributed by atoms with van der Waals surface area (Å²) in [5.74, 6) is 0.441. The monoisotopic (exact) mass is 367 g/mol. The molecular weight excluding hydrogens is 357 g/mol. The molecule has 1 aromatic carbocycles. The number of hydrogen-bond acceptors (Lipinski definition) is 6. The summed E-state index contributed by atoms with van der Waals surface area (Å²) in [4.78, 5) is 21.0. The van der Waals surface area contributed by atoms with Crippen LogP contribution >= 0.6 is 11.6 Å². The lowest BCUT2D eigenvalue weighted by atomic mass is 10.1. The largest absolute Gasteiger partial charge is 0.324 e. The van der Waals surface area contributed by atoms with Crippen LogP contribution in [0.3, 0.4) is 0 Å².